The minimum atomic E-state index is -1.09. The van der Waals surface area contributed by atoms with E-state index < -0.39 is 5.97 Å². The van der Waals surface area contributed by atoms with Gasteiger partial charge < -0.3 is 19.9 Å². The predicted molar refractivity (Wildman–Crippen MR) is 138 cm³/mol. The molecule has 0 atom stereocenters. The van der Waals surface area contributed by atoms with E-state index in [1.54, 1.807) is 19.2 Å². The minimum Gasteiger partial charge on any atom is -0.507 e. The lowest BCUT2D eigenvalue weighted by atomic mass is 9.82. The number of carboxylic acids is 1. The van der Waals surface area contributed by atoms with E-state index in [0.717, 1.165) is 33.5 Å². The van der Waals surface area contributed by atoms with Crippen LogP contribution in [0, 0.1) is 0 Å². The average molecular weight is 467 g/mol. The number of methoxy groups -OCH3 is 1. The zero-order valence-corrected chi connectivity index (χ0v) is 20.0. The van der Waals surface area contributed by atoms with E-state index in [2.05, 4.69) is 37.9 Å². The SMILES string of the molecule is COc1cc(C(C)(C)C)c(-c2nc3c(ccc4cc(C(=O)O)cc(O)c43)[nH]2)cc1-c1ccccc1. The van der Waals surface area contributed by atoms with Crippen molar-refractivity contribution in [3.05, 3.63) is 77.9 Å². The van der Waals surface area contributed by atoms with Gasteiger partial charge in [-0.05, 0) is 52.3 Å². The molecule has 0 unspecified atom stereocenters. The van der Waals surface area contributed by atoms with E-state index >= 15 is 0 Å². The summed E-state index contributed by atoms with van der Waals surface area (Å²) in [7, 11) is 1.68. The molecule has 6 heteroatoms. The number of rotatable bonds is 4. The Morgan fingerprint density at radius 2 is 1.71 bits per heavy atom. The summed E-state index contributed by atoms with van der Waals surface area (Å²) >= 11 is 0. The Morgan fingerprint density at radius 1 is 0.971 bits per heavy atom. The van der Waals surface area contributed by atoms with Crippen LogP contribution in [0.5, 0.6) is 11.5 Å². The van der Waals surface area contributed by atoms with Crippen molar-refractivity contribution < 1.29 is 19.7 Å². The van der Waals surface area contributed by atoms with Crippen molar-refractivity contribution in [2.45, 2.75) is 26.2 Å². The Labute approximate surface area is 202 Å². The van der Waals surface area contributed by atoms with E-state index in [4.69, 9.17) is 9.72 Å². The smallest absolute Gasteiger partial charge is 0.335 e. The fourth-order valence-corrected chi connectivity index (χ4v) is 4.57. The van der Waals surface area contributed by atoms with Crippen LogP contribution in [0.1, 0.15) is 36.7 Å². The molecule has 0 spiro atoms. The van der Waals surface area contributed by atoms with Gasteiger partial charge >= 0.3 is 5.97 Å². The van der Waals surface area contributed by atoms with E-state index in [-0.39, 0.29) is 16.7 Å². The zero-order valence-electron chi connectivity index (χ0n) is 20.0. The van der Waals surface area contributed by atoms with E-state index in [1.165, 1.54) is 6.07 Å². The van der Waals surface area contributed by atoms with Crippen LogP contribution in [0.4, 0.5) is 0 Å². The number of phenolic OH excluding ortho intramolecular Hbond substituents is 1. The van der Waals surface area contributed by atoms with Gasteiger partial charge in [0.05, 0.1) is 23.6 Å². The van der Waals surface area contributed by atoms with Gasteiger partial charge in [0.15, 0.2) is 0 Å². The van der Waals surface area contributed by atoms with E-state index in [0.29, 0.717) is 22.1 Å². The lowest BCUT2D eigenvalue weighted by molar-refractivity contribution is 0.0696. The van der Waals surface area contributed by atoms with Gasteiger partial charge in [-0.25, -0.2) is 9.78 Å². The molecule has 1 heterocycles. The monoisotopic (exact) mass is 466 g/mol. The van der Waals surface area contributed by atoms with Crippen molar-refractivity contribution in [2.24, 2.45) is 0 Å². The van der Waals surface area contributed by atoms with Crippen molar-refractivity contribution in [1.29, 1.82) is 0 Å². The van der Waals surface area contributed by atoms with Crippen LogP contribution < -0.4 is 4.74 Å². The van der Waals surface area contributed by atoms with Crippen molar-refractivity contribution in [1.82, 2.24) is 9.97 Å². The van der Waals surface area contributed by atoms with Crippen LogP contribution >= 0.6 is 0 Å². The number of nitrogens with one attached hydrogen (secondary N) is 1. The Hall–Kier alpha value is -4.32. The first-order chi connectivity index (χ1) is 16.7. The van der Waals surface area contributed by atoms with Crippen molar-refractivity contribution in [3.8, 4) is 34.0 Å². The number of phenols is 1. The third-order valence-corrected chi connectivity index (χ3v) is 6.28. The normalized spacial score (nSPS) is 11.8. The number of nitrogens with zero attached hydrogens (tertiary/aromatic N) is 1. The number of H-pyrrole nitrogens is 1. The standard InChI is InChI=1S/C29H26N2O4/c1-29(2,3)21-15-24(35-4)19(16-8-6-5-7-9-16)14-20(21)27-30-22-11-10-17-12-18(28(33)34)13-23(32)25(17)26(22)31-27/h5-15,32H,1-4H3,(H,30,31)(H,33,34). The number of carboxylic acid groups (broad SMARTS) is 1. The molecule has 5 aromatic rings. The number of fused-ring (bicyclic) bond motifs is 3. The summed E-state index contributed by atoms with van der Waals surface area (Å²) in [5.74, 6) is 0.245. The molecular weight excluding hydrogens is 440 g/mol. The van der Waals surface area contributed by atoms with Crippen LogP contribution in [0.25, 0.3) is 44.3 Å². The summed E-state index contributed by atoms with van der Waals surface area (Å²) in [6, 6.07) is 20.7. The molecule has 35 heavy (non-hydrogen) atoms. The Kier molecular flexibility index (Phi) is 5.24. The summed E-state index contributed by atoms with van der Waals surface area (Å²) in [6.07, 6.45) is 0. The first-order valence-electron chi connectivity index (χ1n) is 11.3. The number of aromatic hydroxyl groups is 1. The average Bonchev–Trinajstić information content (AvgIpc) is 3.27. The Morgan fingerprint density at radius 3 is 2.37 bits per heavy atom. The summed E-state index contributed by atoms with van der Waals surface area (Å²) in [5, 5.41) is 21.2. The number of ether oxygens (including phenoxy) is 1. The third kappa shape index (κ3) is 3.87. The molecule has 0 fully saturated rings. The lowest BCUT2D eigenvalue weighted by Gasteiger charge is -2.24. The largest absolute Gasteiger partial charge is 0.507 e. The number of hydrogen-bond acceptors (Lipinski definition) is 4. The molecule has 0 radical (unpaired) electrons. The van der Waals surface area contributed by atoms with Crippen LogP contribution in [0.3, 0.4) is 0 Å². The first-order valence-corrected chi connectivity index (χ1v) is 11.3. The number of carbonyl (C=O) groups is 1. The molecule has 0 saturated carbocycles. The third-order valence-electron chi connectivity index (χ3n) is 6.28. The molecule has 0 aliphatic carbocycles. The summed E-state index contributed by atoms with van der Waals surface area (Å²) in [5.41, 5.74) is 5.16. The number of aromatic nitrogens is 2. The summed E-state index contributed by atoms with van der Waals surface area (Å²) in [6.45, 7) is 6.43. The molecule has 5 rings (SSSR count). The molecule has 4 aromatic carbocycles. The number of aromatic carboxylic acids is 1. The molecule has 0 amide bonds. The predicted octanol–water partition coefficient (Wildman–Crippen LogP) is 6.76. The van der Waals surface area contributed by atoms with Crippen molar-refractivity contribution in [3.63, 3.8) is 0 Å². The first kappa shape index (κ1) is 22.5. The maximum Gasteiger partial charge on any atom is 0.335 e. The highest BCUT2D eigenvalue weighted by molar-refractivity contribution is 6.10. The quantitative estimate of drug-likeness (QED) is 0.272. The molecule has 0 bridgehead atoms. The molecule has 6 nitrogen and oxygen atoms in total. The Balaban J connectivity index is 1.79. The molecular formula is C29H26N2O4. The highest BCUT2D eigenvalue weighted by Crippen LogP contribution is 2.42. The van der Waals surface area contributed by atoms with Crippen molar-refractivity contribution in [2.75, 3.05) is 7.11 Å². The van der Waals surface area contributed by atoms with Gasteiger partial charge in [0.2, 0.25) is 0 Å². The molecule has 3 N–H and O–H groups in total. The van der Waals surface area contributed by atoms with Gasteiger partial charge in [0.25, 0.3) is 0 Å². The fraction of sp³-hybridized carbons (Fsp3) is 0.172. The van der Waals surface area contributed by atoms with Crippen LogP contribution in [0.2, 0.25) is 0 Å². The van der Waals surface area contributed by atoms with Crippen LogP contribution in [0.15, 0.2) is 66.7 Å². The number of imidazole rings is 1. The highest BCUT2D eigenvalue weighted by Gasteiger charge is 2.24. The molecule has 0 saturated heterocycles. The second-order valence-corrected chi connectivity index (χ2v) is 9.66. The zero-order chi connectivity index (χ0) is 24.9. The number of aromatic amines is 1. The summed E-state index contributed by atoms with van der Waals surface area (Å²) < 4.78 is 5.78. The fourth-order valence-electron chi connectivity index (χ4n) is 4.57. The van der Waals surface area contributed by atoms with Gasteiger partial charge in [-0.2, -0.15) is 0 Å². The maximum atomic E-state index is 11.4. The number of benzene rings is 4. The maximum absolute atomic E-state index is 11.4. The molecule has 0 aliphatic heterocycles. The van der Waals surface area contributed by atoms with E-state index in [1.807, 2.05) is 36.4 Å². The second-order valence-electron chi connectivity index (χ2n) is 9.66. The van der Waals surface area contributed by atoms with Gasteiger partial charge in [0, 0.05) is 11.1 Å². The topological polar surface area (TPSA) is 95.4 Å². The van der Waals surface area contributed by atoms with Gasteiger partial charge in [-0.1, -0.05) is 57.2 Å². The van der Waals surface area contributed by atoms with Crippen molar-refractivity contribution >= 4 is 27.8 Å². The minimum absolute atomic E-state index is 0.0304. The number of hydrogen-bond donors (Lipinski definition) is 3. The molecule has 1 aromatic heterocycles. The van der Waals surface area contributed by atoms with Crippen LogP contribution in [-0.2, 0) is 5.41 Å². The van der Waals surface area contributed by atoms with Gasteiger partial charge in [0.1, 0.15) is 22.8 Å². The van der Waals surface area contributed by atoms with E-state index in [9.17, 15) is 15.0 Å². The lowest BCUT2D eigenvalue weighted by Crippen LogP contribution is -2.13. The van der Waals surface area contributed by atoms with Gasteiger partial charge in [-0.15, -0.1) is 0 Å². The Bertz CT molecular complexity index is 1590. The highest BCUT2D eigenvalue weighted by atomic mass is 16.5. The van der Waals surface area contributed by atoms with Gasteiger partial charge in [-0.3, -0.25) is 0 Å². The summed E-state index contributed by atoms with van der Waals surface area (Å²) in [4.78, 5) is 19.8. The molecule has 0 aliphatic rings. The second kappa shape index (κ2) is 8.17. The van der Waals surface area contributed by atoms with Crippen LogP contribution in [-0.4, -0.2) is 33.3 Å². The molecule has 176 valence electrons.